The molecule has 0 radical (unpaired) electrons. The zero-order valence-electron chi connectivity index (χ0n) is 16.4. The normalized spacial score (nSPS) is 10.5. The van der Waals surface area contributed by atoms with Crippen LogP contribution in [0, 0.1) is 0 Å². The van der Waals surface area contributed by atoms with Crippen molar-refractivity contribution in [1.82, 2.24) is 0 Å². The van der Waals surface area contributed by atoms with Crippen molar-refractivity contribution in [1.29, 1.82) is 0 Å². The Morgan fingerprint density at radius 2 is 0.739 bits per heavy atom. The number of hydrogen-bond acceptors (Lipinski definition) is 0. The van der Waals surface area contributed by atoms with Crippen LogP contribution in [0.1, 0.15) is 129 Å². The van der Waals surface area contributed by atoms with Crippen molar-refractivity contribution in [2.45, 2.75) is 129 Å². The van der Waals surface area contributed by atoms with Crippen LogP contribution in [0.25, 0.3) is 0 Å². The van der Waals surface area contributed by atoms with E-state index in [1.807, 2.05) is 0 Å². The third kappa shape index (κ3) is 21.5. The molecule has 0 aliphatic heterocycles. The molecule has 0 aliphatic carbocycles. The van der Waals surface area contributed by atoms with Gasteiger partial charge in [-0.2, -0.15) is 0 Å². The smallest absolute Gasteiger partial charge is 0.0274 e. The minimum Gasteiger partial charge on any atom is -0.130 e. The van der Waals surface area contributed by atoms with Crippen molar-refractivity contribution in [2.75, 3.05) is 0 Å². The number of rotatable bonds is 18. The van der Waals surface area contributed by atoms with E-state index in [2.05, 4.69) is 31.7 Å². The Morgan fingerprint density at radius 1 is 0.435 bits per heavy atom. The monoisotopic (exact) mass is 320 g/mol. The summed E-state index contributed by atoms with van der Waals surface area (Å²) in [6, 6.07) is 0. The van der Waals surface area contributed by atoms with Crippen LogP contribution < -0.4 is 0 Å². The summed E-state index contributed by atoms with van der Waals surface area (Å²) in [5.41, 5.74) is 3.37. The first-order valence-corrected chi connectivity index (χ1v) is 10.8. The van der Waals surface area contributed by atoms with Gasteiger partial charge >= 0.3 is 0 Å². The van der Waals surface area contributed by atoms with Gasteiger partial charge in [0.05, 0.1) is 0 Å². The summed E-state index contributed by atoms with van der Waals surface area (Å²) in [6.45, 7) is 4.57. The van der Waals surface area contributed by atoms with Gasteiger partial charge < -0.3 is 0 Å². The van der Waals surface area contributed by atoms with E-state index in [-0.39, 0.29) is 0 Å². The summed E-state index contributed by atoms with van der Waals surface area (Å²) >= 11 is 0. The third-order valence-corrected chi connectivity index (χ3v) is 4.64. The molecular formula is C23H44. The Labute approximate surface area is 147 Å². The third-order valence-electron chi connectivity index (χ3n) is 4.64. The SMILES string of the molecule is CCCCCCCCC=C=CCCCCCCCCCCCC. The highest BCUT2D eigenvalue weighted by Crippen LogP contribution is 2.11. The lowest BCUT2D eigenvalue weighted by atomic mass is 10.1. The highest BCUT2D eigenvalue weighted by atomic mass is 14.0. The molecule has 0 bridgehead atoms. The van der Waals surface area contributed by atoms with Gasteiger partial charge in [0.2, 0.25) is 0 Å². The van der Waals surface area contributed by atoms with Crippen LogP contribution in [0.4, 0.5) is 0 Å². The molecule has 23 heavy (non-hydrogen) atoms. The Bertz CT molecular complexity index is 257. The molecule has 136 valence electrons. The van der Waals surface area contributed by atoms with E-state index in [9.17, 15) is 0 Å². The highest BCUT2D eigenvalue weighted by molar-refractivity contribution is 4.84. The molecule has 0 saturated heterocycles. The maximum atomic E-state index is 3.37. The molecule has 0 aliphatic rings. The first kappa shape index (κ1) is 22.5. The van der Waals surface area contributed by atoms with E-state index in [1.165, 1.54) is 116 Å². The minimum absolute atomic E-state index is 1.22. The predicted octanol–water partition coefficient (Wildman–Crippen LogP) is 8.76. The fraction of sp³-hybridized carbons (Fsp3) is 0.870. The Kier molecular flexibility index (Phi) is 21.1. The van der Waals surface area contributed by atoms with Crippen molar-refractivity contribution in [3.63, 3.8) is 0 Å². The van der Waals surface area contributed by atoms with E-state index in [0.717, 1.165) is 0 Å². The fourth-order valence-corrected chi connectivity index (χ4v) is 3.01. The Balaban J connectivity index is 3.14. The van der Waals surface area contributed by atoms with Gasteiger partial charge in [0, 0.05) is 0 Å². The van der Waals surface area contributed by atoms with Gasteiger partial charge in [-0.3, -0.25) is 0 Å². The average molecular weight is 321 g/mol. The molecule has 0 aromatic heterocycles. The standard InChI is InChI=1S/C23H44/c1-3-5-7-9-11-13-15-17-19-21-23-22-20-18-16-14-12-10-8-6-4-2/h17,21H,3-16,18,20,22-23H2,1-2H3. The molecule has 0 unspecified atom stereocenters. The Morgan fingerprint density at radius 3 is 1.09 bits per heavy atom. The summed E-state index contributed by atoms with van der Waals surface area (Å²) in [6.07, 6.45) is 29.6. The van der Waals surface area contributed by atoms with Crippen LogP contribution in [0.5, 0.6) is 0 Å². The lowest BCUT2D eigenvalue weighted by Crippen LogP contribution is -1.81. The van der Waals surface area contributed by atoms with Crippen molar-refractivity contribution in [3.05, 3.63) is 17.9 Å². The zero-order chi connectivity index (χ0) is 16.8. The van der Waals surface area contributed by atoms with Crippen molar-refractivity contribution < 1.29 is 0 Å². The summed E-state index contributed by atoms with van der Waals surface area (Å²) < 4.78 is 0. The van der Waals surface area contributed by atoms with Gasteiger partial charge in [0.15, 0.2) is 0 Å². The van der Waals surface area contributed by atoms with E-state index < -0.39 is 0 Å². The van der Waals surface area contributed by atoms with Crippen molar-refractivity contribution in [3.8, 4) is 0 Å². The molecule has 0 spiro atoms. The highest BCUT2D eigenvalue weighted by Gasteiger charge is 1.91. The van der Waals surface area contributed by atoms with E-state index >= 15 is 0 Å². The Hall–Kier alpha value is -0.480. The predicted molar refractivity (Wildman–Crippen MR) is 107 cm³/mol. The number of unbranched alkanes of at least 4 members (excludes halogenated alkanes) is 16. The first-order chi connectivity index (χ1) is 11.4. The first-order valence-electron chi connectivity index (χ1n) is 10.8. The van der Waals surface area contributed by atoms with E-state index in [4.69, 9.17) is 0 Å². The zero-order valence-corrected chi connectivity index (χ0v) is 16.4. The molecule has 0 fully saturated rings. The summed E-state index contributed by atoms with van der Waals surface area (Å²) in [5, 5.41) is 0. The van der Waals surface area contributed by atoms with Gasteiger partial charge in [-0.25, -0.2) is 0 Å². The summed E-state index contributed by atoms with van der Waals surface area (Å²) in [5.74, 6) is 0. The molecule has 0 aromatic rings. The molecule has 0 amide bonds. The largest absolute Gasteiger partial charge is 0.130 e. The van der Waals surface area contributed by atoms with Crippen LogP contribution >= 0.6 is 0 Å². The topological polar surface area (TPSA) is 0 Å². The van der Waals surface area contributed by atoms with Crippen molar-refractivity contribution >= 4 is 0 Å². The van der Waals surface area contributed by atoms with Gasteiger partial charge in [0.25, 0.3) is 0 Å². The molecule has 0 N–H and O–H groups in total. The van der Waals surface area contributed by atoms with Crippen LogP contribution in [-0.2, 0) is 0 Å². The lowest BCUT2D eigenvalue weighted by Gasteiger charge is -2.00. The second kappa shape index (κ2) is 21.5. The van der Waals surface area contributed by atoms with E-state index in [1.54, 1.807) is 0 Å². The lowest BCUT2D eigenvalue weighted by molar-refractivity contribution is 0.557. The van der Waals surface area contributed by atoms with Gasteiger partial charge in [-0.15, -0.1) is 5.73 Å². The van der Waals surface area contributed by atoms with Gasteiger partial charge in [0.1, 0.15) is 0 Å². The number of allylic oxidation sites excluding steroid dienone is 1. The molecule has 0 rings (SSSR count). The van der Waals surface area contributed by atoms with Gasteiger partial charge in [-0.1, -0.05) is 104 Å². The van der Waals surface area contributed by atoms with Gasteiger partial charge in [-0.05, 0) is 37.8 Å². The molecular weight excluding hydrogens is 276 g/mol. The maximum Gasteiger partial charge on any atom is -0.0274 e. The van der Waals surface area contributed by atoms with Crippen LogP contribution in [-0.4, -0.2) is 0 Å². The molecule has 0 atom stereocenters. The molecule has 0 nitrogen and oxygen atoms in total. The average Bonchev–Trinajstić information content (AvgIpc) is 2.57. The summed E-state index contributed by atoms with van der Waals surface area (Å²) in [7, 11) is 0. The van der Waals surface area contributed by atoms with Crippen LogP contribution in [0.15, 0.2) is 17.9 Å². The van der Waals surface area contributed by atoms with Crippen molar-refractivity contribution in [2.24, 2.45) is 0 Å². The minimum atomic E-state index is 1.22. The molecule has 0 aromatic carbocycles. The second-order valence-electron chi connectivity index (χ2n) is 7.10. The van der Waals surface area contributed by atoms with Crippen LogP contribution in [0.2, 0.25) is 0 Å². The fourth-order valence-electron chi connectivity index (χ4n) is 3.01. The van der Waals surface area contributed by atoms with Crippen LogP contribution in [0.3, 0.4) is 0 Å². The maximum absolute atomic E-state index is 3.37. The number of hydrogen-bond donors (Lipinski definition) is 0. The summed E-state index contributed by atoms with van der Waals surface area (Å²) in [4.78, 5) is 0. The molecule has 0 heterocycles. The second-order valence-corrected chi connectivity index (χ2v) is 7.10. The van der Waals surface area contributed by atoms with E-state index in [0.29, 0.717) is 0 Å². The quantitative estimate of drug-likeness (QED) is 0.175. The molecule has 0 heteroatoms. The molecule has 0 saturated carbocycles.